The molecule has 3 nitrogen and oxygen atoms in total. The van der Waals surface area contributed by atoms with Gasteiger partial charge in [-0.05, 0) is 122 Å². The number of fused-ring (bicyclic) bond motifs is 6. The molecule has 2 heterocycles. The van der Waals surface area contributed by atoms with Gasteiger partial charge in [-0.25, -0.2) is 0 Å². The second-order valence-corrected chi connectivity index (χ2v) is 16.5. The lowest BCUT2D eigenvalue weighted by molar-refractivity contribution is -0.142. The maximum Gasteiger partial charge on any atom is 0.417 e. The molecule has 10 rings (SSSR count). The molecule has 0 atom stereocenters. The summed E-state index contributed by atoms with van der Waals surface area (Å²) in [7, 11) is 0. The largest absolute Gasteiger partial charge is 0.417 e. The molecule has 8 aromatic carbocycles. The van der Waals surface area contributed by atoms with Crippen LogP contribution in [0.15, 0.2) is 152 Å². The molecule has 0 aliphatic carbocycles. The summed E-state index contributed by atoms with van der Waals surface area (Å²) in [5.41, 5.74) is 5.95. The summed E-state index contributed by atoms with van der Waals surface area (Å²) < 4.78 is 96.4. The van der Waals surface area contributed by atoms with E-state index in [2.05, 4.69) is 18.2 Å². The maximum absolute atomic E-state index is 15.5. The Kier molecular flexibility index (Phi) is 9.35. The molecule has 0 saturated heterocycles. The number of halogens is 6. The van der Waals surface area contributed by atoms with Crippen LogP contribution in [0.5, 0.6) is 0 Å². The fourth-order valence-corrected chi connectivity index (χ4v) is 9.65. The van der Waals surface area contributed by atoms with Gasteiger partial charge in [0.25, 0.3) is 0 Å². The van der Waals surface area contributed by atoms with Crippen LogP contribution in [0.4, 0.5) is 26.3 Å². The minimum absolute atomic E-state index is 0.0143. The number of para-hydroxylation sites is 2. The molecule has 0 aliphatic heterocycles. The summed E-state index contributed by atoms with van der Waals surface area (Å²) in [6.45, 7) is 8.07. The van der Waals surface area contributed by atoms with E-state index >= 15 is 26.3 Å². The molecule has 0 amide bonds. The van der Waals surface area contributed by atoms with Crippen LogP contribution in [-0.4, -0.2) is 9.13 Å². The second kappa shape index (κ2) is 14.8. The average Bonchev–Trinajstić information content (AvgIpc) is 3.77. The summed E-state index contributed by atoms with van der Waals surface area (Å²) in [6.07, 6.45) is -10.4. The van der Waals surface area contributed by atoms with Crippen molar-refractivity contribution in [1.82, 2.24) is 9.13 Å². The molecule has 0 radical (unpaired) electrons. The Morgan fingerprint density at radius 2 is 0.844 bits per heavy atom. The summed E-state index contributed by atoms with van der Waals surface area (Å²) in [4.78, 5) is 0. The monoisotopic (exact) mass is 853 g/mol. The Morgan fingerprint density at radius 3 is 1.25 bits per heavy atom. The standard InChI is InChI=1S/C55H37F6N3/c1-31-16-20-38(33(3)24-31)36-18-22-48-42(28-36)40-10-5-7-14-46(40)63(48)50-26-35(30-62)27-51(53(50)52-44(54(56,57)58)12-9-13-45(52)55(59,60)61)64-47-15-8-6-11-41(47)43-29-37(19-23-49(43)64)39-21-17-32(2)25-34(39)4/h5-29H,1-4H3. The third-order valence-electron chi connectivity index (χ3n) is 12.4. The molecule has 0 fully saturated rings. The Labute approximate surface area is 364 Å². The lowest BCUT2D eigenvalue weighted by Gasteiger charge is -2.25. The normalized spacial score (nSPS) is 12.2. The van der Waals surface area contributed by atoms with Crippen molar-refractivity contribution in [3.63, 3.8) is 0 Å². The van der Waals surface area contributed by atoms with Gasteiger partial charge in [0.1, 0.15) is 0 Å². The molecule has 0 aliphatic rings. The summed E-state index contributed by atoms with van der Waals surface area (Å²) in [5.74, 6) is 0. The van der Waals surface area contributed by atoms with Crippen LogP contribution >= 0.6 is 0 Å². The van der Waals surface area contributed by atoms with Crippen LogP contribution in [-0.2, 0) is 12.4 Å². The van der Waals surface area contributed by atoms with E-state index in [4.69, 9.17) is 0 Å². The van der Waals surface area contributed by atoms with Crippen molar-refractivity contribution in [3.8, 4) is 50.8 Å². The Balaban J connectivity index is 1.39. The molecule has 9 heteroatoms. The van der Waals surface area contributed by atoms with Crippen LogP contribution in [0.3, 0.4) is 0 Å². The lowest BCUT2D eigenvalue weighted by atomic mass is 9.89. The highest BCUT2D eigenvalue weighted by atomic mass is 19.4. The first-order valence-corrected chi connectivity index (χ1v) is 20.7. The van der Waals surface area contributed by atoms with Crippen molar-refractivity contribution in [3.05, 3.63) is 191 Å². The Morgan fingerprint density at radius 1 is 0.422 bits per heavy atom. The van der Waals surface area contributed by atoms with E-state index in [0.717, 1.165) is 72.1 Å². The third kappa shape index (κ3) is 6.52. The smallest absolute Gasteiger partial charge is 0.308 e. The van der Waals surface area contributed by atoms with E-state index in [0.29, 0.717) is 34.2 Å². The van der Waals surface area contributed by atoms with E-state index in [-0.39, 0.29) is 22.5 Å². The van der Waals surface area contributed by atoms with E-state index in [1.807, 2.05) is 113 Å². The molecule has 0 unspecified atom stereocenters. The molecule has 2 aromatic heterocycles. The molecule has 314 valence electrons. The number of benzene rings is 8. The molecule has 0 N–H and O–H groups in total. The van der Waals surface area contributed by atoms with Gasteiger partial charge in [-0.2, -0.15) is 31.6 Å². The van der Waals surface area contributed by atoms with Crippen molar-refractivity contribution in [1.29, 1.82) is 5.26 Å². The predicted molar refractivity (Wildman–Crippen MR) is 245 cm³/mol. The first-order chi connectivity index (χ1) is 30.6. The van der Waals surface area contributed by atoms with Gasteiger partial charge in [-0.3, -0.25) is 0 Å². The number of alkyl halides is 6. The highest BCUT2D eigenvalue weighted by Gasteiger charge is 2.43. The van der Waals surface area contributed by atoms with E-state index in [1.165, 1.54) is 12.1 Å². The van der Waals surface area contributed by atoms with Gasteiger partial charge in [-0.1, -0.05) is 102 Å². The van der Waals surface area contributed by atoms with Crippen LogP contribution in [0.25, 0.3) is 88.4 Å². The molecule has 0 bridgehead atoms. The zero-order chi connectivity index (χ0) is 44.8. The first-order valence-electron chi connectivity index (χ1n) is 20.7. The number of nitriles is 1. The van der Waals surface area contributed by atoms with Gasteiger partial charge in [0.05, 0.1) is 56.2 Å². The van der Waals surface area contributed by atoms with Crippen molar-refractivity contribution in [2.45, 2.75) is 40.0 Å². The number of nitrogens with zero attached hydrogens (tertiary/aromatic N) is 3. The van der Waals surface area contributed by atoms with Crippen molar-refractivity contribution >= 4 is 43.6 Å². The molecule has 64 heavy (non-hydrogen) atoms. The highest BCUT2D eigenvalue weighted by Crippen LogP contribution is 2.51. The molecule has 0 saturated carbocycles. The first kappa shape index (κ1) is 40.5. The number of rotatable bonds is 5. The molecular weight excluding hydrogens is 817 g/mol. The van der Waals surface area contributed by atoms with Gasteiger partial charge in [0.15, 0.2) is 0 Å². The molecule has 10 aromatic rings. The van der Waals surface area contributed by atoms with Crippen LogP contribution < -0.4 is 0 Å². The summed E-state index contributed by atoms with van der Waals surface area (Å²) in [6, 6.07) is 45.6. The maximum atomic E-state index is 15.5. The van der Waals surface area contributed by atoms with Crippen LogP contribution in [0.1, 0.15) is 38.9 Å². The van der Waals surface area contributed by atoms with Crippen LogP contribution in [0.2, 0.25) is 0 Å². The minimum atomic E-state index is -5.21. The zero-order valence-corrected chi connectivity index (χ0v) is 35.0. The minimum Gasteiger partial charge on any atom is -0.308 e. The van der Waals surface area contributed by atoms with E-state index < -0.39 is 29.0 Å². The number of aryl methyl sites for hydroxylation is 4. The van der Waals surface area contributed by atoms with Gasteiger partial charge < -0.3 is 9.13 Å². The second-order valence-electron chi connectivity index (χ2n) is 16.5. The predicted octanol–water partition coefficient (Wildman–Crippen LogP) is 16.0. The lowest BCUT2D eigenvalue weighted by Crippen LogP contribution is -2.16. The van der Waals surface area contributed by atoms with Gasteiger partial charge in [0, 0.05) is 32.7 Å². The number of hydrogen-bond acceptors (Lipinski definition) is 1. The third-order valence-corrected chi connectivity index (χ3v) is 12.4. The quantitative estimate of drug-likeness (QED) is 0.159. The fourth-order valence-electron chi connectivity index (χ4n) is 9.65. The fraction of sp³-hybridized carbons (Fsp3) is 0.109. The van der Waals surface area contributed by atoms with E-state index in [9.17, 15) is 5.26 Å². The topological polar surface area (TPSA) is 33.6 Å². The number of aromatic nitrogens is 2. The Hall–Kier alpha value is -7.57. The van der Waals surface area contributed by atoms with Crippen molar-refractivity contribution < 1.29 is 26.3 Å². The van der Waals surface area contributed by atoms with Crippen molar-refractivity contribution in [2.24, 2.45) is 0 Å². The highest BCUT2D eigenvalue weighted by molar-refractivity contribution is 6.13. The number of hydrogen-bond donors (Lipinski definition) is 0. The van der Waals surface area contributed by atoms with Crippen LogP contribution in [0, 0.1) is 39.0 Å². The average molecular weight is 854 g/mol. The Bertz CT molecular complexity index is 3370. The van der Waals surface area contributed by atoms with Gasteiger partial charge in [0.2, 0.25) is 0 Å². The zero-order valence-electron chi connectivity index (χ0n) is 35.0. The van der Waals surface area contributed by atoms with E-state index in [1.54, 1.807) is 33.4 Å². The molecular formula is C55H37F6N3. The summed E-state index contributed by atoms with van der Waals surface area (Å²) in [5, 5.41) is 13.7. The SMILES string of the molecule is Cc1ccc(-c2ccc3c(c2)c2ccccc2n3-c2cc(C#N)cc(-n3c4ccccc4c4cc(-c5ccc(C)cc5C)ccc43)c2-c2c(C(F)(F)F)cccc2C(F)(F)F)c(C)c1. The van der Waals surface area contributed by atoms with Crippen molar-refractivity contribution in [2.75, 3.05) is 0 Å². The van der Waals surface area contributed by atoms with Gasteiger partial charge >= 0.3 is 12.4 Å². The van der Waals surface area contributed by atoms with Gasteiger partial charge in [-0.15, -0.1) is 0 Å². The molecule has 0 spiro atoms. The summed E-state index contributed by atoms with van der Waals surface area (Å²) >= 11 is 0.